The van der Waals surface area contributed by atoms with Crippen LogP contribution in [0.3, 0.4) is 0 Å². The molecule has 0 heterocycles. The molecule has 0 saturated heterocycles. The van der Waals surface area contributed by atoms with E-state index in [0.29, 0.717) is 11.6 Å². The molecule has 0 radical (unpaired) electrons. The number of hydrogen-bond acceptors (Lipinski definition) is 2. The van der Waals surface area contributed by atoms with Gasteiger partial charge < -0.3 is 10.1 Å². The molecule has 1 N–H and O–H groups in total. The SMILES string of the molecule is CCCC(C)NC1(CCOC)CCCC1. The molecule has 0 amide bonds. The van der Waals surface area contributed by atoms with Crippen LogP contribution in [0.15, 0.2) is 0 Å². The molecular weight excluding hydrogens is 186 g/mol. The zero-order valence-electron chi connectivity index (χ0n) is 10.6. The van der Waals surface area contributed by atoms with Crippen molar-refractivity contribution in [2.24, 2.45) is 0 Å². The summed E-state index contributed by atoms with van der Waals surface area (Å²) in [5.41, 5.74) is 0.393. The lowest BCUT2D eigenvalue weighted by molar-refractivity contribution is 0.148. The van der Waals surface area contributed by atoms with E-state index in [2.05, 4.69) is 19.2 Å². The molecule has 0 bridgehead atoms. The van der Waals surface area contributed by atoms with Gasteiger partial charge in [0.25, 0.3) is 0 Å². The Labute approximate surface area is 94.8 Å². The van der Waals surface area contributed by atoms with Crippen LogP contribution in [0.1, 0.15) is 58.8 Å². The minimum absolute atomic E-state index is 0.393. The Hall–Kier alpha value is -0.0800. The highest BCUT2D eigenvalue weighted by Crippen LogP contribution is 2.33. The van der Waals surface area contributed by atoms with Crippen LogP contribution < -0.4 is 5.32 Å². The molecule has 0 aromatic carbocycles. The first-order chi connectivity index (χ1) is 7.22. The maximum atomic E-state index is 5.23. The minimum Gasteiger partial charge on any atom is -0.385 e. The Morgan fingerprint density at radius 2 is 2.00 bits per heavy atom. The molecule has 90 valence electrons. The molecular formula is C13H27NO. The summed E-state index contributed by atoms with van der Waals surface area (Å²) < 4.78 is 5.23. The lowest BCUT2D eigenvalue weighted by Crippen LogP contribution is -2.48. The monoisotopic (exact) mass is 213 g/mol. The quantitative estimate of drug-likeness (QED) is 0.701. The average molecular weight is 213 g/mol. The fraction of sp³-hybridized carbons (Fsp3) is 1.00. The minimum atomic E-state index is 0.393. The van der Waals surface area contributed by atoms with Crippen molar-refractivity contribution >= 4 is 0 Å². The lowest BCUT2D eigenvalue weighted by atomic mass is 9.92. The summed E-state index contributed by atoms with van der Waals surface area (Å²) in [6.45, 7) is 5.47. The summed E-state index contributed by atoms with van der Waals surface area (Å²) in [5, 5.41) is 3.85. The molecule has 0 aromatic heterocycles. The molecule has 1 saturated carbocycles. The van der Waals surface area contributed by atoms with Crippen molar-refractivity contribution in [2.45, 2.75) is 70.4 Å². The predicted molar refractivity (Wildman–Crippen MR) is 65.2 cm³/mol. The highest BCUT2D eigenvalue weighted by molar-refractivity contribution is 4.93. The molecule has 1 aliphatic rings. The molecule has 1 unspecified atom stereocenters. The maximum absolute atomic E-state index is 5.23. The molecule has 2 heteroatoms. The summed E-state index contributed by atoms with van der Waals surface area (Å²) >= 11 is 0. The summed E-state index contributed by atoms with van der Waals surface area (Å²) in [5.74, 6) is 0. The number of nitrogens with one attached hydrogen (secondary N) is 1. The third-order valence-electron chi connectivity index (χ3n) is 3.62. The van der Waals surface area contributed by atoms with Crippen molar-refractivity contribution < 1.29 is 4.74 Å². The largest absolute Gasteiger partial charge is 0.385 e. The van der Waals surface area contributed by atoms with Crippen LogP contribution in [0.5, 0.6) is 0 Å². The summed E-state index contributed by atoms with van der Waals surface area (Å²) in [6, 6.07) is 0.657. The summed E-state index contributed by atoms with van der Waals surface area (Å²) in [7, 11) is 1.80. The van der Waals surface area contributed by atoms with Crippen LogP contribution >= 0.6 is 0 Å². The van der Waals surface area contributed by atoms with Crippen molar-refractivity contribution in [1.29, 1.82) is 0 Å². The fourth-order valence-electron chi connectivity index (χ4n) is 2.84. The van der Waals surface area contributed by atoms with Gasteiger partial charge in [0.15, 0.2) is 0 Å². The fourth-order valence-corrected chi connectivity index (χ4v) is 2.84. The molecule has 1 rings (SSSR count). The molecule has 2 nitrogen and oxygen atoms in total. The molecule has 0 aromatic rings. The highest BCUT2D eigenvalue weighted by atomic mass is 16.5. The first-order valence-corrected chi connectivity index (χ1v) is 6.49. The highest BCUT2D eigenvalue weighted by Gasteiger charge is 2.33. The van der Waals surface area contributed by atoms with E-state index in [-0.39, 0.29) is 0 Å². The Bertz CT molecular complexity index is 164. The molecule has 1 atom stereocenters. The van der Waals surface area contributed by atoms with E-state index in [1.807, 2.05) is 0 Å². The standard InChI is InChI=1S/C13H27NO/c1-4-7-12(2)14-13(10-11-15-3)8-5-6-9-13/h12,14H,4-11H2,1-3H3. The Morgan fingerprint density at radius 3 is 2.53 bits per heavy atom. The maximum Gasteiger partial charge on any atom is 0.0479 e. The lowest BCUT2D eigenvalue weighted by Gasteiger charge is -2.33. The van der Waals surface area contributed by atoms with Crippen LogP contribution in [0.2, 0.25) is 0 Å². The van der Waals surface area contributed by atoms with Crippen LogP contribution in [-0.4, -0.2) is 25.3 Å². The first-order valence-electron chi connectivity index (χ1n) is 6.49. The molecule has 0 spiro atoms. The molecule has 15 heavy (non-hydrogen) atoms. The zero-order chi connectivity index (χ0) is 11.1. The third-order valence-corrected chi connectivity index (χ3v) is 3.62. The van der Waals surface area contributed by atoms with E-state index in [0.717, 1.165) is 6.61 Å². The second kappa shape index (κ2) is 6.49. The summed E-state index contributed by atoms with van der Waals surface area (Å²) in [6.07, 6.45) is 9.18. The van der Waals surface area contributed by atoms with Crippen LogP contribution in [0.25, 0.3) is 0 Å². The zero-order valence-corrected chi connectivity index (χ0v) is 10.6. The van der Waals surface area contributed by atoms with E-state index < -0.39 is 0 Å². The summed E-state index contributed by atoms with van der Waals surface area (Å²) in [4.78, 5) is 0. The average Bonchev–Trinajstić information content (AvgIpc) is 2.64. The van der Waals surface area contributed by atoms with Gasteiger partial charge in [-0.1, -0.05) is 26.2 Å². The van der Waals surface area contributed by atoms with Crippen molar-refractivity contribution in [3.8, 4) is 0 Å². The van der Waals surface area contributed by atoms with Gasteiger partial charge in [-0.15, -0.1) is 0 Å². The molecule has 1 aliphatic carbocycles. The van der Waals surface area contributed by atoms with Gasteiger partial charge in [-0.3, -0.25) is 0 Å². The Balaban J connectivity index is 2.41. The van der Waals surface area contributed by atoms with Crippen molar-refractivity contribution in [1.82, 2.24) is 5.32 Å². The van der Waals surface area contributed by atoms with E-state index in [1.165, 1.54) is 44.9 Å². The second-order valence-electron chi connectivity index (χ2n) is 5.06. The van der Waals surface area contributed by atoms with Gasteiger partial charge in [0, 0.05) is 25.3 Å². The van der Waals surface area contributed by atoms with Gasteiger partial charge in [-0.2, -0.15) is 0 Å². The first kappa shape index (κ1) is 13.0. The molecule has 1 fully saturated rings. The van der Waals surface area contributed by atoms with E-state index >= 15 is 0 Å². The Morgan fingerprint density at radius 1 is 1.33 bits per heavy atom. The number of hydrogen-bond donors (Lipinski definition) is 1. The molecule has 0 aliphatic heterocycles. The number of rotatable bonds is 7. The Kier molecular flexibility index (Phi) is 5.62. The van der Waals surface area contributed by atoms with E-state index in [9.17, 15) is 0 Å². The second-order valence-corrected chi connectivity index (χ2v) is 5.06. The number of methoxy groups -OCH3 is 1. The van der Waals surface area contributed by atoms with Gasteiger partial charge in [0.05, 0.1) is 0 Å². The van der Waals surface area contributed by atoms with Crippen molar-refractivity contribution in [3.63, 3.8) is 0 Å². The van der Waals surface area contributed by atoms with E-state index in [1.54, 1.807) is 7.11 Å². The number of ether oxygens (including phenoxy) is 1. The van der Waals surface area contributed by atoms with E-state index in [4.69, 9.17) is 4.74 Å². The van der Waals surface area contributed by atoms with Gasteiger partial charge in [-0.25, -0.2) is 0 Å². The third kappa shape index (κ3) is 4.12. The van der Waals surface area contributed by atoms with Crippen molar-refractivity contribution in [2.75, 3.05) is 13.7 Å². The van der Waals surface area contributed by atoms with Gasteiger partial charge in [-0.05, 0) is 32.6 Å². The van der Waals surface area contributed by atoms with Crippen LogP contribution in [0.4, 0.5) is 0 Å². The smallest absolute Gasteiger partial charge is 0.0479 e. The normalized spacial score (nSPS) is 21.8. The van der Waals surface area contributed by atoms with Gasteiger partial charge >= 0.3 is 0 Å². The van der Waals surface area contributed by atoms with Gasteiger partial charge in [0.2, 0.25) is 0 Å². The van der Waals surface area contributed by atoms with Crippen LogP contribution in [-0.2, 0) is 4.74 Å². The topological polar surface area (TPSA) is 21.3 Å². The van der Waals surface area contributed by atoms with Crippen molar-refractivity contribution in [3.05, 3.63) is 0 Å². The van der Waals surface area contributed by atoms with Crippen LogP contribution in [0, 0.1) is 0 Å². The predicted octanol–water partition coefficient (Wildman–Crippen LogP) is 3.11. The van der Waals surface area contributed by atoms with Gasteiger partial charge in [0.1, 0.15) is 0 Å².